The van der Waals surface area contributed by atoms with E-state index in [1.54, 1.807) is 0 Å². The molecule has 6 aromatic heterocycles. The monoisotopic (exact) mass is 1890 g/mol. The molecule has 6 nitrogen and oxygen atoms in total. The summed E-state index contributed by atoms with van der Waals surface area (Å²) in [7, 11) is 0. The Kier molecular flexibility index (Phi) is 27.0. The van der Waals surface area contributed by atoms with Gasteiger partial charge < -0.3 is 0 Å². The number of fused-ring (bicyclic) bond motifs is 9. The first kappa shape index (κ1) is 94.3. The van der Waals surface area contributed by atoms with E-state index >= 15 is 0 Å². The summed E-state index contributed by atoms with van der Waals surface area (Å²) >= 11 is 0. The maximum Gasteiger partial charge on any atom is 0.0978 e. The van der Waals surface area contributed by atoms with Crippen LogP contribution in [0, 0.1) is 55.4 Å². The van der Waals surface area contributed by atoms with Crippen molar-refractivity contribution >= 4 is 65.4 Å². The molecule has 4 fully saturated rings. The summed E-state index contributed by atoms with van der Waals surface area (Å²) in [5, 5.41) is 6.80. The predicted octanol–water partition coefficient (Wildman–Crippen LogP) is 39.0. The van der Waals surface area contributed by atoms with Gasteiger partial charge in [0.1, 0.15) is 0 Å². The van der Waals surface area contributed by atoms with Gasteiger partial charge in [-0.1, -0.05) is 380 Å². The van der Waals surface area contributed by atoms with Gasteiger partial charge in [-0.05, 0) is 325 Å². The topological polar surface area (TPSA) is 77.3 Å². The smallest absolute Gasteiger partial charge is 0.0978 e. The molecular weight excluding hydrogens is 1770 g/mol. The van der Waals surface area contributed by atoms with Crippen LogP contribution in [0.2, 0.25) is 0 Å². The second kappa shape index (κ2) is 41.8. The van der Waals surface area contributed by atoms with E-state index in [-0.39, 0.29) is 0 Å². The van der Waals surface area contributed by atoms with Crippen molar-refractivity contribution in [1.29, 1.82) is 0 Å². The molecule has 0 spiro atoms. The van der Waals surface area contributed by atoms with E-state index < -0.39 is 0 Å². The fourth-order valence-electron chi connectivity index (χ4n) is 24.8. The van der Waals surface area contributed by atoms with Gasteiger partial charge in [0.05, 0.1) is 67.3 Å². The molecule has 0 bridgehead atoms. The minimum atomic E-state index is 0.572. The molecule has 0 saturated heterocycles. The number of rotatable bonds is 16. The lowest BCUT2D eigenvalue weighted by atomic mass is 9.80. The average molecular weight is 1890 g/mol. The zero-order chi connectivity index (χ0) is 98.8. The Hall–Kier alpha value is -15.2. The lowest BCUT2D eigenvalue weighted by molar-refractivity contribution is 0.444. The Morgan fingerprint density at radius 1 is 0.158 bits per heavy atom. The maximum absolute atomic E-state index is 5.72. The van der Waals surface area contributed by atoms with Crippen molar-refractivity contribution in [3.63, 3.8) is 0 Å². The lowest BCUT2D eigenvalue weighted by Gasteiger charge is -2.26. The largest absolute Gasteiger partial charge is 0.245 e. The van der Waals surface area contributed by atoms with E-state index in [2.05, 4.69) is 419 Å². The normalized spacial score (nSPS) is 14.5. The van der Waals surface area contributed by atoms with Crippen LogP contribution in [0.5, 0.6) is 0 Å². The van der Waals surface area contributed by atoms with Gasteiger partial charge in [0.15, 0.2) is 0 Å². The molecule has 25 rings (SSSR count). The van der Waals surface area contributed by atoms with Crippen molar-refractivity contribution < 1.29 is 0 Å². The second-order valence-corrected chi connectivity index (χ2v) is 42.2. The summed E-state index contributed by atoms with van der Waals surface area (Å²) in [6.07, 6.45) is 25.9. The molecule has 4 aliphatic carbocycles. The first-order valence-electron chi connectivity index (χ1n) is 54.0. The molecule has 4 aliphatic rings. The second-order valence-electron chi connectivity index (χ2n) is 42.2. The lowest BCUT2D eigenvalue weighted by Crippen LogP contribution is -2.08. The van der Waals surface area contributed by atoms with Crippen molar-refractivity contribution in [2.45, 2.75) is 207 Å². The van der Waals surface area contributed by atoms with Gasteiger partial charge in [0.25, 0.3) is 0 Å². The number of aryl methyl sites for hydroxylation is 6. The Morgan fingerprint density at radius 3 is 0.623 bits per heavy atom. The van der Waals surface area contributed by atoms with E-state index in [4.69, 9.17) is 29.9 Å². The van der Waals surface area contributed by atoms with Crippen LogP contribution in [0.1, 0.15) is 219 Å². The first-order chi connectivity index (χ1) is 71.7. The van der Waals surface area contributed by atoms with Crippen molar-refractivity contribution in [3.8, 4) is 134 Å². The summed E-state index contributed by atoms with van der Waals surface area (Å²) in [6, 6.07) is 133. The fraction of sp³-hybridized carbons (Fsp3) is 0.229. The van der Waals surface area contributed by atoms with Crippen LogP contribution in [-0.2, 0) is 0 Å². The average Bonchev–Trinajstić information content (AvgIpc) is 0.733. The fourth-order valence-corrected chi connectivity index (χ4v) is 24.8. The highest BCUT2D eigenvalue weighted by molar-refractivity contribution is 6.17. The molecular formula is C140H128N6. The van der Waals surface area contributed by atoms with E-state index in [0.29, 0.717) is 23.7 Å². The van der Waals surface area contributed by atoms with Gasteiger partial charge in [-0.25, -0.2) is 29.9 Å². The predicted molar refractivity (Wildman–Crippen MR) is 618 cm³/mol. The third-order valence-corrected chi connectivity index (χ3v) is 33.0. The molecule has 21 aromatic rings. The maximum atomic E-state index is 5.72. The summed E-state index contributed by atoms with van der Waals surface area (Å²) in [6.45, 7) is 17.7. The highest BCUT2D eigenvalue weighted by Gasteiger charge is 2.31. The Balaban J connectivity index is 0.000000121. The van der Waals surface area contributed by atoms with E-state index in [1.165, 1.54) is 284 Å². The molecule has 146 heavy (non-hydrogen) atoms. The summed E-state index contributed by atoms with van der Waals surface area (Å²) in [5.74, 6) is 2.30. The third kappa shape index (κ3) is 18.9. The van der Waals surface area contributed by atoms with Crippen molar-refractivity contribution in [1.82, 2.24) is 29.9 Å². The van der Waals surface area contributed by atoms with Crippen LogP contribution in [0.3, 0.4) is 0 Å². The van der Waals surface area contributed by atoms with Crippen LogP contribution in [-0.4, -0.2) is 29.9 Å². The van der Waals surface area contributed by atoms with Crippen molar-refractivity contribution in [3.05, 3.63) is 431 Å². The quantitative estimate of drug-likeness (QED) is 0.0897. The van der Waals surface area contributed by atoms with Gasteiger partial charge in [-0.3, -0.25) is 0 Å². The molecule has 6 heterocycles. The van der Waals surface area contributed by atoms with Gasteiger partial charge >= 0.3 is 0 Å². The van der Waals surface area contributed by atoms with Crippen LogP contribution >= 0.6 is 0 Å². The number of benzene rings is 15. The highest BCUT2D eigenvalue weighted by Crippen LogP contribution is 2.51. The number of nitrogens with zero attached hydrogens (tertiary/aromatic N) is 6. The molecule has 718 valence electrons. The van der Waals surface area contributed by atoms with Crippen molar-refractivity contribution in [2.75, 3.05) is 0 Å². The molecule has 0 N–H and O–H groups in total. The Labute approximate surface area is 861 Å². The van der Waals surface area contributed by atoms with Gasteiger partial charge in [-0.2, -0.15) is 0 Å². The van der Waals surface area contributed by atoms with E-state index in [0.717, 1.165) is 111 Å². The highest BCUT2D eigenvalue weighted by atomic mass is 14.8. The minimum Gasteiger partial charge on any atom is -0.245 e. The Morgan fingerprint density at radius 2 is 0.363 bits per heavy atom. The molecule has 15 aromatic carbocycles. The minimum absolute atomic E-state index is 0.572. The SMILES string of the molecule is Cc1cc(-c2cc(-c3ccccc3)c3ccc4c(-c5ccccc5)cc(-c5cc(C)c(C)c(C)c5)nc4c3n2)cc(C)c1C.Cc1cccc(C2CCCCC2)c1-c1cc(-c2ccccc2)c2ccc3c(-c4ccccc4)cc(-c4c(C)cccc4C4CCCCC4)nc3c2n1.c1ccc(-c2cc(-c3ccccc3C3CCCCC3)nc3c2ccc2c(-c4ccccc4)cc(-c4ccccc4C4CCCCC4)nc23)cc1. The van der Waals surface area contributed by atoms with Crippen LogP contribution in [0.25, 0.3) is 200 Å². The molecule has 0 aliphatic heterocycles. The number of aromatic nitrogens is 6. The van der Waals surface area contributed by atoms with Gasteiger partial charge in [0, 0.05) is 65.7 Å². The number of hydrogen-bond donors (Lipinski definition) is 0. The summed E-state index contributed by atoms with van der Waals surface area (Å²) < 4.78 is 0. The van der Waals surface area contributed by atoms with Gasteiger partial charge in [0.2, 0.25) is 0 Å². The molecule has 0 unspecified atom stereocenters. The third-order valence-electron chi connectivity index (χ3n) is 33.0. The number of hydrogen-bond acceptors (Lipinski definition) is 6. The zero-order valence-electron chi connectivity index (χ0n) is 85.8. The standard InChI is InChI=1S/C50H48N2.C48H44N2.C42H36N2/c1-33-17-15-27-39(35-19-7-3-8-20-35)47(33)45-31-43(37-23-11-5-12-24-37)41-29-30-42-44(38-25-13-6-14-26-38)32-46(52-50(42)49(41)51-45)48-34(2)18-16-28-40(48)36-21-9-4-10-22-36;1-5-17-33(18-6-1)37-25-13-15-27-39(37)45-31-43(35-21-9-3-10-22-35)41-29-30-42-44(36-23-11-4-12-24-36)32-46(50-48(42)47(41)49-45)40-28-16-14-26-38(40)34-19-7-2-8-20-34;1-25-19-33(20-26(2)29(25)5)39-23-37(31-13-9-7-10-14-31)35-17-18-36-38(32-15-11-8-12-16-32)24-40(44-42(36)41(35)43-39)34-21-27(3)30(6)28(4)22-34/h5-6,11-18,23-32,35-36H,3-4,7-10,19-22H2,1-2H3;3-4,9-16,21-34H,1-2,5-8,17-20H2;7-24H,1-6H3. The summed E-state index contributed by atoms with van der Waals surface area (Å²) in [4.78, 5) is 33.6. The van der Waals surface area contributed by atoms with Crippen molar-refractivity contribution in [2.24, 2.45) is 0 Å². The first-order valence-corrected chi connectivity index (χ1v) is 54.0. The van der Waals surface area contributed by atoms with Crippen LogP contribution < -0.4 is 0 Å². The molecule has 0 radical (unpaired) electrons. The molecule has 6 heteroatoms. The van der Waals surface area contributed by atoms with E-state index in [9.17, 15) is 0 Å². The Bertz CT molecular complexity index is 7900. The number of pyridine rings is 6. The summed E-state index contributed by atoms with van der Waals surface area (Å²) in [5.41, 5.74) is 49.8. The molecule has 0 amide bonds. The molecule has 4 saturated carbocycles. The van der Waals surface area contributed by atoms with Gasteiger partial charge in [-0.15, -0.1) is 0 Å². The molecule has 0 atom stereocenters. The van der Waals surface area contributed by atoms with E-state index in [1.807, 2.05) is 0 Å². The zero-order valence-corrected chi connectivity index (χ0v) is 85.8. The van der Waals surface area contributed by atoms with Crippen LogP contribution in [0.4, 0.5) is 0 Å². The van der Waals surface area contributed by atoms with Crippen LogP contribution in [0.15, 0.2) is 364 Å².